The number of carbonyl (C=O) groups is 1. The van der Waals surface area contributed by atoms with E-state index in [4.69, 9.17) is 4.74 Å². The van der Waals surface area contributed by atoms with Crippen LogP contribution in [0.1, 0.15) is 58.1 Å². The Morgan fingerprint density at radius 3 is 2.62 bits per heavy atom. The largest absolute Gasteiger partial charge is 0.378 e. The molecule has 0 amide bonds. The van der Waals surface area contributed by atoms with Crippen molar-refractivity contribution in [3.05, 3.63) is 88.5 Å². The fourth-order valence-corrected chi connectivity index (χ4v) is 6.00. The van der Waals surface area contributed by atoms with E-state index >= 15 is 0 Å². The van der Waals surface area contributed by atoms with Gasteiger partial charge in [0.1, 0.15) is 0 Å². The number of hydrogen-bond acceptors (Lipinski definition) is 5. The Morgan fingerprint density at radius 1 is 1.03 bits per heavy atom. The minimum Gasteiger partial charge on any atom is -0.378 e. The molecule has 3 atom stereocenters. The number of rotatable bonds is 5. The van der Waals surface area contributed by atoms with Gasteiger partial charge in [0.05, 0.1) is 17.0 Å². The molecular formula is C27H28N2O4S. The predicted molar refractivity (Wildman–Crippen MR) is 133 cm³/mol. The summed E-state index contributed by atoms with van der Waals surface area (Å²) < 4.78 is 35.1. The number of anilines is 2. The number of hydrogen-bond donors (Lipinski definition) is 2. The molecule has 5 rings (SSSR count). The third-order valence-corrected chi connectivity index (χ3v) is 8.31. The Balaban J connectivity index is 1.48. The Hall–Kier alpha value is -3.16. The van der Waals surface area contributed by atoms with Crippen LogP contribution in [0.4, 0.5) is 11.4 Å². The minimum atomic E-state index is -3.76. The second-order valence-corrected chi connectivity index (χ2v) is 10.9. The monoisotopic (exact) mass is 476 g/mol. The predicted octanol–water partition coefficient (Wildman–Crippen LogP) is 5.55. The molecule has 1 fully saturated rings. The Morgan fingerprint density at radius 2 is 1.85 bits per heavy atom. The topological polar surface area (TPSA) is 84.5 Å². The number of benzene rings is 3. The molecule has 0 aromatic heterocycles. The second kappa shape index (κ2) is 8.56. The molecule has 34 heavy (non-hydrogen) atoms. The van der Waals surface area contributed by atoms with Crippen LogP contribution in [-0.4, -0.2) is 20.8 Å². The van der Waals surface area contributed by atoms with E-state index < -0.39 is 10.0 Å². The molecule has 0 spiro atoms. The first kappa shape index (κ1) is 22.6. The Kier molecular flexibility index (Phi) is 5.70. The van der Waals surface area contributed by atoms with E-state index in [0.29, 0.717) is 17.9 Å². The van der Waals surface area contributed by atoms with Crippen molar-refractivity contribution in [3.63, 3.8) is 0 Å². The summed E-state index contributed by atoms with van der Waals surface area (Å²) in [4.78, 5) is 12.1. The highest BCUT2D eigenvalue weighted by Gasteiger charge is 2.42. The molecule has 0 saturated carbocycles. The average molecular weight is 477 g/mol. The molecule has 1 unspecified atom stereocenters. The molecule has 2 N–H and O–H groups in total. The third kappa shape index (κ3) is 4.10. The van der Waals surface area contributed by atoms with Crippen LogP contribution in [0.15, 0.2) is 65.6 Å². The number of aryl methyl sites for hydroxylation is 2. The standard InChI is InChI=1S/C27H28N2O4S/c1-16-7-8-21(13-17(16)2)29-34(31,32)22-9-10-25-24(15-22)27-23(11-12-33-27)26(28-25)20-6-4-5-19(14-20)18(3)30/h4-10,13-15,23,26-29H,11-12H2,1-3H3/t23-,26?,27-/m0/s1. The zero-order valence-corrected chi connectivity index (χ0v) is 20.3. The van der Waals surface area contributed by atoms with E-state index in [9.17, 15) is 13.2 Å². The van der Waals surface area contributed by atoms with Gasteiger partial charge in [0.25, 0.3) is 10.0 Å². The second-order valence-electron chi connectivity index (χ2n) is 9.20. The zero-order valence-electron chi connectivity index (χ0n) is 19.5. The molecule has 6 nitrogen and oxygen atoms in total. The molecule has 0 bridgehead atoms. The first-order chi connectivity index (χ1) is 16.2. The minimum absolute atomic E-state index is 0.0181. The van der Waals surface area contributed by atoms with Crippen molar-refractivity contribution in [2.45, 2.75) is 44.2 Å². The van der Waals surface area contributed by atoms with Gasteiger partial charge in [-0.25, -0.2) is 8.42 Å². The van der Waals surface area contributed by atoms with Crippen LogP contribution < -0.4 is 10.0 Å². The normalized spacial score (nSPS) is 21.3. The van der Waals surface area contributed by atoms with Crippen molar-refractivity contribution in [1.29, 1.82) is 0 Å². The highest BCUT2D eigenvalue weighted by atomic mass is 32.2. The zero-order chi connectivity index (χ0) is 24.0. The average Bonchev–Trinajstić information content (AvgIpc) is 3.31. The molecule has 0 aliphatic carbocycles. The van der Waals surface area contributed by atoms with Crippen molar-refractivity contribution in [2.75, 3.05) is 16.6 Å². The number of sulfonamides is 1. The summed E-state index contributed by atoms with van der Waals surface area (Å²) in [6.45, 7) is 6.12. The van der Waals surface area contributed by atoms with Gasteiger partial charge in [-0.1, -0.05) is 24.3 Å². The summed E-state index contributed by atoms with van der Waals surface area (Å²) in [5.41, 5.74) is 6.09. The molecule has 2 aliphatic heterocycles. The van der Waals surface area contributed by atoms with Gasteiger partial charge in [0.15, 0.2) is 5.78 Å². The fraction of sp³-hybridized carbons (Fsp3) is 0.296. The number of fused-ring (bicyclic) bond motifs is 3. The molecule has 1 saturated heterocycles. The van der Waals surface area contributed by atoms with Gasteiger partial charge >= 0.3 is 0 Å². The van der Waals surface area contributed by atoms with Crippen LogP contribution in [0.25, 0.3) is 0 Å². The highest BCUT2D eigenvalue weighted by molar-refractivity contribution is 7.92. The van der Waals surface area contributed by atoms with E-state index in [2.05, 4.69) is 10.0 Å². The van der Waals surface area contributed by atoms with Gasteiger partial charge in [-0.2, -0.15) is 0 Å². The Bertz CT molecular complexity index is 1380. The van der Waals surface area contributed by atoms with Gasteiger partial charge in [-0.05, 0) is 80.3 Å². The van der Waals surface area contributed by atoms with E-state index in [1.807, 2.05) is 56.3 Å². The maximum Gasteiger partial charge on any atom is 0.261 e. The first-order valence-electron chi connectivity index (χ1n) is 11.5. The molecule has 2 aliphatic rings. The third-order valence-electron chi connectivity index (χ3n) is 6.93. The molecule has 3 aromatic carbocycles. The van der Waals surface area contributed by atoms with E-state index in [0.717, 1.165) is 34.4 Å². The summed E-state index contributed by atoms with van der Waals surface area (Å²) in [5.74, 6) is 0.170. The quantitative estimate of drug-likeness (QED) is 0.472. The van der Waals surface area contributed by atoms with E-state index in [-0.39, 0.29) is 28.7 Å². The van der Waals surface area contributed by atoms with Crippen LogP contribution in [0.2, 0.25) is 0 Å². The number of carbonyl (C=O) groups excluding carboxylic acids is 1. The van der Waals surface area contributed by atoms with Gasteiger partial charge < -0.3 is 10.1 Å². The number of Topliss-reactive ketones (excluding diaryl/α,β-unsaturated/α-hetero) is 1. The number of nitrogens with one attached hydrogen (secondary N) is 2. The van der Waals surface area contributed by atoms with Crippen molar-refractivity contribution in [1.82, 2.24) is 0 Å². The van der Waals surface area contributed by atoms with Crippen molar-refractivity contribution >= 4 is 27.2 Å². The molecule has 0 radical (unpaired) electrons. The molecular weight excluding hydrogens is 448 g/mol. The SMILES string of the molecule is CC(=O)c1cccc(C2Nc3ccc(S(=O)(=O)Nc4ccc(C)c(C)c4)cc3[C@H]3OCC[C@@H]23)c1. The molecule has 7 heteroatoms. The Labute approximate surface area is 200 Å². The summed E-state index contributed by atoms with van der Waals surface area (Å²) in [5, 5.41) is 3.59. The summed E-state index contributed by atoms with van der Waals surface area (Å²) in [7, 11) is -3.76. The molecule has 2 heterocycles. The summed E-state index contributed by atoms with van der Waals surface area (Å²) >= 11 is 0. The molecule has 3 aromatic rings. The highest BCUT2D eigenvalue weighted by Crippen LogP contribution is 2.50. The van der Waals surface area contributed by atoms with Crippen LogP contribution >= 0.6 is 0 Å². The summed E-state index contributed by atoms with van der Waals surface area (Å²) in [6.07, 6.45) is 0.642. The number of ether oxygens (including phenoxy) is 1. The first-order valence-corrected chi connectivity index (χ1v) is 12.9. The number of ketones is 1. The van der Waals surface area contributed by atoms with Gasteiger partial charge in [-0.15, -0.1) is 0 Å². The fourth-order valence-electron chi connectivity index (χ4n) is 4.92. The summed E-state index contributed by atoms with van der Waals surface area (Å²) in [6, 6.07) is 18.3. The van der Waals surface area contributed by atoms with E-state index in [1.54, 1.807) is 25.1 Å². The smallest absolute Gasteiger partial charge is 0.261 e. The van der Waals surface area contributed by atoms with Crippen LogP contribution in [0.5, 0.6) is 0 Å². The lowest BCUT2D eigenvalue weighted by Gasteiger charge is -2.36. The van der Waals surface area contributed by atoms with Crippen LogP contribution in [-0.2, 0) is 14.8 Å². The maximum absolute atomic E-state index is 13.2. The maximum atomic E-state index is 13.2. The lowest BCUT2D eigenvalue weighted by Crippen LogP contribution is -2.29. The van der Waals surface area contributed by atoms with Gasteiger partial charge in [-0.3, -0.25) is 9.52 Å². The van der Waals surface area contributed by atoms with Gasteiger partial charge in [0, 0.05) is 35.0 Å². The van der Waals surface area contributed by atoms with Crippen LogP contribution in [0, 0.1) is 19.8 Å². The van der Waals surface area contributed by atoms with E-state index in [1.165, 1.54) is 0 Å². The van der Waals surface area contributed by atoms with Crippen LogP contribution in [0.3, 0.4) is 0 Å². The van der Waals surface area contributed by atoms with Gasteiger partial charge in [0.2, 0.25) is 0 Å². The van der Waals surface area contributed by atoms with Crippen molar-refractivity contribution in [3.8, 4) is 0 Å². The molecule has 176 valence electrons. The lowest BCUT2D eigenvalue weighted by atomic mass is 9.80. The lowest BCUT2D eigenvalue weighted by molar-refractivity contribution is 0.0827. The van der Waals surface area contributed by atoms with Crippen molar-refractivity contribution < 1.29 is 17.9 Å². The van der Waals surface area contributed by atoms with Crippen molar-refractivity contribution in [2.24, 2.45) is 5.92 Å².